The first-order valence-electron chi connectivity index (χ1n) is 8.20. The molecule has 1 aromatic rings. The van der Waals surface area contributed by atoms with E-state index in [4.69, 9.17) is 4.74 Å². The lowest BCUT2D eigenvalue weighted by molar-refractivity contribution is -0.207. The molecule has 0 aliphatic rings. The molecule has 0 unspecified atom stereocenters. The van der Waals surface area contributed by atoms with Crippen LogP contribution in [-0.2, 0) is 14.3 Å². The van der Waals surface area contributed by atoms with Gasteiger partial charge in [0.25, 0.3) is 0 Å². The second kappa shape index (κ2) is 9.30. The summed E-state index contributed by atoms with van der Waals surface area (Å²) in [5.74, 6) is -2.20. The number of esters is 1. The fourth-order valence-corrected chi connectivity index (χ4v) is 2.08. The highest BCUT2D eigenvalue weighted by atomic mass is 19.4. The smallest absolute Gasteiger partial charge is 0.441 e. The summed E-state index contributed by atoms with van der Waals surface area (Å²) in [6.07, 6.45) is -3.34. The number of nitrogens with one attached hydrogen (secondary N) is 2. The van der Waals surface area contributed by atoms with Crippen LogP contribution in [0.2, 0.25) is 0 Å². The molecule has 0 heterocycles. The first kappa shape index (κ1) is 21.6. The molecule has 0 aliphatic carbocycles. The van der Waals surface area contributed by atoms with E-state index in [1.54, 1.807) is 5.32 Å². The van der Waals surface area contributed by atoms with Gasteiger partial charge in [-0.15, -0.1) is 0 Å². The molecule has 0 saturated heterocycles. The average molecular weight is 376 g/mol. The minimum atomic E-state index is -5.14. The molecule has 0 aromatic heterocycles. The van der Waals surface area contributed by atoms with Crippen LogP contribution in [0.4, 0.5) is 18.9 Å². The van der Waals surface area contributed by atoms with Gasteiger partial charge in [-0.05, 0) is 37.6 Å². The number of anilines is 1. The van der Waals surface area contributed by atoms with Gasteiger partial charge in [0.1, 0.15) is 5.75 Å². The zero-order valence-electron chi connectivity index (χ0n) is 14.9. The normalized spacial score (nSPS) is 13.5. The summed E-state index contributed by atoms with van der Waals surface area (Å²) in [4.78, 5) is 23.4. The number of ether oxygens (including phenoxy) is 2. The second-order valence-corrected chi connectivity index (χ2v) is 5.50. The molecule has 146 valence electrons. The summed E-state index contributed by atoms with van der Waals surface area (Å²) in [6.45, 7) is 4.47. The van der Waals surface area contributed by atoms with Gasteiger partial charge in [-0.25, -0.2) is 4.79 Å². The van der Waals surface area contributed by atoms with Crippen molar-refractivity contribution >= 4 is 17.6 Å². The largest absolute Gasteiger partial charge is 0.494 e. The summed E-state index contributed by atoms with van der Waals surface area (Å²) in [7, 11) is 0. The highest BCUT2D eigenvalue weighted by Gasteiger charge is 2.63. The van der Waals surface area contributed by atoms with E-state index in [2.05, 4.69) is 10.1 Å². The number of alkyl halides is 3. The van der Waals surface area contributed by atoms with E-state index >= 15 is 0 Å². The Bertz CT molecular complexity index is 605. The second-order valence-electron chi connectivity index (χ2n) is 5.50. The number of halogens is 3. The summed E-state index contributed by atoms with van der Waals surface area (Å²) in [6, 6.07) is 5.59. The third-order valence-electron chi connectivity index (χ3n) is 3.32. The monoisotopic (exact) mass is 376 g/mol. The topological polar surface area (TPSA) is 76.7 Å². The molecule has 1 amide bonds. The third kappa shape index (κ3) is 5.53. The lowest BCUT2D eigenvalue weighted by atomic mass is 10.1. The van der Waals surface area contributed by atoms with Gasteiger partial charge in [0, 0.05) is 12.6 Å². The Morgan fingerprint density at radius 1 is 1.12 bits per heavy atom. The molecule has 2 N–H and O–H groups in total. The Kier molecular flexibility index (Phi) is 7.73. The van der Waals surface area contributed by atoms with Gasteiger partial charge in [-0.2, -0.15) is 13.2 Å². The molecule has 0 aliphatic heterocycles. The number of hydrogen-bond acceptors (Lipinski definition) is 5. The zero-order valence-corrected chi connectivity index (χ0v) is 14.9. The van der Waals surface area contributed by atoms with Crippen LogP contribution in [0, 0.1) is 0 Å². The zero-order chi connectivity index (χ0) is 19.8. The highest BCUT2D eigenvalue weighted by Crippen LogP contribution is 2.33. The van der Waals surface area contributed by atoms with Crippen molar-refractivity contribution in [2.24, 2.45) is 0 Å². The van der Waals surface area contributed by atoms with E-state index in [1.165, 1.54) is 31.2 Å². The Morgan fingerprint density at radius 3 is 2.19 bits per heavy atom. The van der Waals surface area contributed by atoms with Crippen LogP contribution in [0.1, 0.15) is 33.6 Å². The van der Waals surface area contributed by atoms with E-state index in [-0.39, 0.29) is 12.3 Å². The summed E-state index contributed by atoms with van der Waals surface area (Å²) >= 11 is 0. The SMILES string of the molecule is CCCCOc1ccc(N[C@](NC(C)=O)(C(=O)OCC)C(F)(F)F)cc1. The Balaban J connectivity index is 3.11. The molecule has 0 bridgehead atoms. The van der Waals surface area contributed by atoms with Gasteiger partial charge in [0.15, 0.2) is 0 Å². The van der Waals surface area contributed by atoms with Crippen LogP contribution in [0.25, 0.3) is 0 Å². The van der Waals surface area contributed by atoms with Crippen LogP contribution < -0.4 is 15.4 Å². The molecule has 1 rings (SSSR count). The molecule has 0 radical (unpaired) electrons. The summed E-state index contributed by atoms with van der Waals surface area (Å²) in [5, 5.41) is 3.70. The maximum atomic E-state index is 13.7. The number of amides is 1. The van der Waals surface area contributed by atoms with Crippen LogP contribution in [0.15, 0.2) is 24.3 Å². The van der Waals surface area contributed by atoms with Crippen LogP contribution >= 0.6 is 0 Å². The van der Waals surface area contributed by atoms with Gasteiger partial charge in [0.05, 0.1) is 13.2 Å². The Morgan fingerprint density at radius 2 is 1.73 bits per heavy atom. The highest BCUT2D eigenvalue weighted by molar-refractivity contribution is 5.90. The minimum absolute atomic E-state index is 0.0352. The lowest BCUT2D eigenvalue weighted by Crippen LogP contribution is -2.69. The summed E-state index contributed by atoms with van der Waals surface area (Å²) < 4.78 is 51.0. The van der Waals surface area contributed by atoms with Gasteiger partial charge < -0.3 is 20.1 Å². The van der Waals surface area contributed by atoms with E-state index in [0.29, 0.717) is 12.4 Å². The van der Waals surface area contributed by atoms with Crippen LogP contribution in [0.3, 0.4) is 0 Å². The first-order chi connectivity index (χ1) is 12.2. The van der Waals surface area contributed by atoms with Crippen molar-refractivity contribution in [3.63, 3.8) is 0 Å². The van der Waals surface area contributed by atoms with E-state index in [1.807, 2.05) is 6.92 Å². The van der Waals surface area contributed by atoms with Crippen molar-refractivity contribution < 1.29 is 32.2 Å². The first-order valence-corrected chi connectivity index (χ1v) is 8.20. The molecular weight excluding hydrogens is 353 g/mol. The number of hydrogen-bond donors (Lipinski definition) is 2. The third-order valence-corrected chi connectivity index (χ3v) is 3.32. The molecule has 1 atom stereocenters. The molecule has 26 heavy (non-hydrogen) atoms. The van der Waals surface area contributed by atoms with Crippen LogP contribution in [0.5, 0.6) is 5.75 Å². The minimum Gasteiger partial charge on any atom is -0.494 e. The molecule has 6 nitrogen and oxygen atoms in total. The van der Waals surface area contributed by atoms with Crippen molar-refractivity contribution in [1.29, 1.82) is 0 Å². The molecule has 9 heteroatoms. The number of carbonyl (C=O) groups is 2. The van der Waals surface area contributed by atoms with Gasteiger partial charge in [-0.3, -0.25) is 4.79 Å². The molecule has 0 saturated carbocycles. The van der Waals surface area contributed by atoms with E-state index in [9.17, 15) is 22.8 Å². The predicted molar refractivity (Wildman–Crippen MR) is 89.7 cm³/mol. The fraction of sp³-hybridized carbons (Fsp3) is 0.529. The predicted octanol–water partition coefficient (Wildman–Crippen LogP) is 3.24. The van der Waals surface area contributed by atoms with Gasteiger partial charge in [0.2, 0.25) is 5.91 Å². The molecule has 0 fully saturated rings. The van der Waals surface area contributed by atoms with E-state index in [0.717, 1.165) is 19.8 Å². The standard InChI is InChI=1S/C17H23F3N2O4/c1-4-6-11-26-14-9-7-13(8-10-14)22-16(17(18,19)20,21-12(3)23)15(24)25-5-2/h7-10,22H,4-6,11H2,1-3H3,(H,21,23)/t16-/m1/s1. The maximum Gasteiger partial charge on any atom is 0.441 e. The van der Waals surface area contributed by atoms with E-state index < -0.39 is 23.7 Å². The van der Waals surface area contributed by atoms with Gasteiger partial charge in [-0.1, -0.05) is 13.3 Å². The molecule has 0 spiro atoms. The van der Waals surface area contributed by atoms with Crippen molar-refractivity contribution in [3.8, 4) is 5.75 Å². The number of unbranched alkanes of at least 4 members (excludes halogenated alkanes) is 1. The quantitative estimate of drug-likeness (QED) is 0.393. The van der Waals surface area contributed by atoms with Crippen molar-refractivity contribution in [1.82, 2.24) is 5.32 Å². The summed E-state index contributed by atoms with van der Waals surface area (Å²) in [5.41, 5.74) is -3.42. The number of carbonyl (C=O) groups excluding carboxylic acids is 2. The van der Waals surface area contributed by atoms with Crippen molar-refractivity contribution in [3.05, 3.63) is 24.3 Å². The Labute approximate surface area is 150 Å². The van der Waals surface area contributed by atoms with Crippen molar-refractivity contribution in [2.75, 3.05) is 18.5 Å². The fourth-order valence-electron chi connectivity index (χ4n) is 2.08. The Hall–Kier alpha value is -2.45. The number of rotatable bonds is 9. The number of benzene rings is 1. The lowest BCUT2D eigenvalue weighted by Gasteiger charge is -2.35. The molecular formula is C17H23F3N2O4. The van der Waals surface area contributed by atoms with Crippen LogP contribution in [-0.4, -0.2) is 36.9 Å². The maximum absolute atomic E-state index is 13.7. The van der Waals surface area contributed by atoms with Gasteiger partial charge >= 0.3 is 17.8 Å². The van der Waals surface area contributed by atoms with Crippen molar-refractivity contribution in [2.45, 2.75) is 45.5 Å². The molecule has 1 aromatic carbocycles. The average Bonchev–Trinajstić information content (AvgIpc) is 2.54.